The van der Waals surface area contributed by atoms with Crippen molar-refractivity contribution < 1.29 is 43.5 Å². The molecule has 3 aliphatic rings. The van der Waals surface area contributed by atoms with Gasteiger partial charge in [-0.05, 0) is 68.6 Å². The number of rotatable bonds is 21. The molecule has 6 N–H and O–H groups in total. The maximum Gasteiger partial charge on any atom is 0.245 e. The van der Waals surface area contributed by atoms with Gasteiger partial charge in [-0.3, -0.25) is 38.4 Å². The van der Waals surface area contributed by atoms with Gasteiger partial charge in [-0.15, -0.1) is 0 Å². The van der Waals surface area contributed by atoms with Gasteiger partial charge in [-0.1, -0.05) is 80.1 Å². The van der Waals surface area contributed by atoms with Crippen molar-refractivity contribution in [2.75, 3.05) is 33.8 Å². The molecular formula is C44H76N8O9. The molecule has 0 radical (unpaired) electrons. The Hall–Kier alpha value is -4.28. The van der Waals surface area contributed by atoms with E-state index in [0.717, 1.165) is 32.1 Å². The number of likely N-dealkylation sites (tertiary alicyclic amines) is 2. The number of likely N-dealkylation sites (N-methyl/N-ethyl adjacent to an activating group) is 1. The first-order valence-corrected chi connectivity index (χ1v) is 22.7. The Kier molecular flexibility index (Phi) is 20.4. The van der Waals surface area contributed by atoms with Crippen LogP contribution in [0.1, 0.15) is 132 Å². The molecule has 3 fully saturated rings. The van der Waals surface area contributed by atoms with Crippen molar-refractivity contribution in [3.05, 3.63) is 0 Å². The molecule has 8 amide bonds. The maximum atomic E-state index is 14.4. The standard InChI is InChI=1S/C44H76N8O9/c1-10-28(6)37(49-40(57)36-19-15-21-52(36)43(60)32(23-27(4)5)45-29(7)54)41(58)48-34(25-53)38(55)46-33(24-30-16-12-11-13-17-30)44(61)51-20-14-18-35(51)39(56)47-31(22-26(2)3)42(59)50(8)9/h26-28,30-37,53H,10-25H2,1-9H3,(H,45,54)(H,46,55)(H,47,56)(H,48,58)(H,49,57)/t28-,31-,32-,33-,34-,35-,36-,37-/m0/s1. The second-order valence-electron chi connectivity index (χ2n) is 18.6. The van der Waals surface area contributed by atoms with Crippen LogP contribution in [0.15, 0.2) is 0 Å². The van der Waals surface area contributed by atoms with Gasteiger partial charge in [-0.2, -0.15) is 0 Å². The Labute approximate surface area is 363 Å². The van der Waals surface area contributed by atoms with Crippen molar-refractivity contribution >= 4 is 47.3 Å². The summed E-state index contributed by atoms with van der Waals surface area (Å²) >= 11 is 0. The van der Waals surface area contributed by atoms with E-state index in [-0.39, 0.29) is 42.0 Å². The van der Waals surface area contributed by atoms with Crippen LogP contribution in [0.25, 0.3) is 0 Å². The molecule has 0 aromatic carbocycles. The lowest BCUT2D eigenvalue weighted by atomic mass is 9.84. The van der Waals surface area contributed by atoms with E-state index in [1.54, 1.807) is 21.0 Å². The Balaban J connectivity index is 1.79. The van der Waals surface area contributed by atoms with Crippen molar-refractivity contribution in [2.24, 2.45) is 23.7 Å². The smallest absolute Gasteiger partial charge is 0.245 e. The fourth-order valence-electron chi connectivity index (χ4n) is 8.87. The Morgan fingerprint density at radius 3 is 1.62 bits per heavy atom. The van der Waals surface area contributed by atoms with Crippen molar-refractivity contribution in [1.29, 1.82) is 0 Å². The van der Waals surface area contributed by atoms with Gasteiger partial charge in [0.25, 0.3) is 0 Å². The lowest BCUT2D eigenvalue weighted by molar-refractivity contribution is -0.144. The molecule has 346 valence electrons. The third-order valence-corrected chi connectivity index (χ3v) is 12.3. The summed E-state index contributed by atoms with van der Waals surface area (Å²) in [4.78, 5) is 113. The number of aliphatic hydroxyl groups is 1. The zero-order valence-electron chi connectivity index (χ0n) is 38.2. The lowest BCUT2D eigenvalue weighted by Crippen LogP contribution is -2.61. The molecule has 0 aromatic heterocycles. The number of amides is 8. The first-order valence-electron chi connectivity index (χ1n) is 22.7. The Morgan fingerprint density at radius 1 is 0.623 bits per heavy atom. The zero-order chi connectivity index (χ0) is 45.6. The van der Waals surface area contributed by atoms with Crippen molar-refractivity contribution in [3.8, 4) is 0 Å². The third kappa shape index (κ3) is 14.9. The molecule has 0 bridgehead atoms. The molecule has 0 aromatic rings. The summed E-state index contributed by atoms with van der Waals surface area (Å²) in [6.07, 6.45) is 8.30. The molecule has 1 aliphatic carbocycles. The van der Waals surface area contributed by atoms with Crippen LogP contribution in [0, 0.1) is 23.7 Å². The highest BCUT2D eigenvalue weighted by molar-refractivity contribution is 5.98. The summed E-state index contributed by atoms with van der Waals surface area (Å²) in [7, 11) is 3.26. The second-order valence-corrected chi connectivity index (χ2v) is 18.6. The fourth-order valence-corrected chi connectivity index (χ4v) is 8.87. The molecule has 8 atom stereocenters. The Bertz CT molecular complexity index is 1530. The van der Waals surface area contributed by atoms with Crippen LogP contribution in [0.2, 0.25) is 0 Å². The summed E-state index contributed by atoms with van der Waals surface area (Å²) in [5, 5.41) is 24.3. The minimum absolute atomic E-state index is 0.101. The number of hydrogen-bond donors (Lipinski definition) is 6. The topological polar surface area (TPSA) is 227 Å². The minimum Gasteiger partial charge on any atom is -0.394 e. The number of hydrogen-bond acceptors (Lipinski definition) is 9. The van der Waals surface area contributed by atoms with Crippen LogP contribution in [0.4, 0.5) is 0 Å². The van der Waals surface area contributed by atoms with Crippen LogP contribution in [0.5, 0.6) is 0 Å². The largest absolute Gasteiger partial charge is 0.394 e. The van der Waals surface area contributed by atoms with E-state index >= 15 is 0 Å². The van der Waals surface area contributed by atoms with Crippen LogP contribution in [-0.4, -0.2) is 143 Å². The summed E-state index contributed by atoms with van der Waals surface area (Å²) in [5.41, 5.74) is 0. The maximum absolute atomic E-state index is 14.4. The third-order valence-electron chi connectivity index (χ3n) is 12.3. The molecule has 2 heterocycles. The average molecular weight is 861 g/mol. The summed E-state index contributed by atoms with van der Waals surface area (Å²) in [6.45, 7) is 12.6. The molecule has 17 heteroatoms. The Morgan fingerprint density at radius 2 is 1.13 bits per heavy atom. The predicted octanol–water partition coefficient (Wildman–Crippen LogP) is 1.60. The fraction of sp³-hybridized carbons (Fsp3) is 0.818. The monoisotopic (exact) mass is 861 g/mol. The summed E-state index contributed by atoms with van der Waals surface area (Å²) < 4.78 is 0. The normalized spacial score (nSPS) is 21.2. The molecular weight excluding hydrogens is 785 g/mol. The van der Waals surface area contributed by atoms with E-state index < -0.39 is 84.4 Å². The molecule has 2 aliphatic heterocycles. The van der Waals surface area contributed by atoms with Gasteiger partial charge in [0, 0.05) is 34.1 Å². The van der Waals surface area contributed by atoms with E-state index in [1.165, 1.54) is 21.6 Å². The van der Waals surface area contributed by atoms with Gasteiger partial charge < -0.3 is 46.4 Å². The SMILES string of the molecule is CC[C@H](C)[C@H](NC(=O)[C@@H]1CCCN1C(=O)[C@H](CC(C)C)NC(C)=O)C(=O)N[C@@H](CO)C(=O)N[C@@H](CC1CCCCC1)C(=O)N1CCC[C@H]1C(=O)N[C@@H](CC(C)C)C(=O)N(C)C. The van der Waals surface area contributed by atoms with E-state index in [2.05, 4.69) is 26.6 Å². The van der Waals surface area contributed by atoms with Gasteiger partial charge in [-0.25, -0.2) is 0 Å². The van der Waals surface area contributed by atoms with Crippen molar-refractivity contribution in [2.45, 2.75) is 174 Å². The van der Waals surface area contributed by atoms with Gasteiger partial charge in [0.15, 0.2) is 0 Å². The highest BCUT2D eigenvalue weighted by atomic mass is 16.3. The van der Waals surface area contributed by atoms with Crippen LogP contribution < -0.4 is 26.6 Å². The number of carbonyl (C=O) groups excluding carboxylic acids is 8. The first kappa shape index (κ1) is 51.1. The van der Waals surface area contributed by atoms with E-state index in [0.29, 0.717) is 57.9 Å². The molecule has 2 saturated heterocycles. The molecule has 61 heavy (non-hydrogen) atoms. The minimum atomic E-state index is -1.47. The molecule has 0 unspecified atom stereocenters. The van der Waals surface area contributed by atoms with E-state index in [9.17, 15) is 43.5 Å². The molecule has 3 rings (SSSR count). The first-order chi connectivity index (χ1) is 28.8. The van der Waals surface area contributed by atoms with E-state index in [4.69, 9.17) is 0 Å². The lowest BCUT2D eigenvalue weighted by Gasteiger charge is -2.33. The number of nitrogens with zero attached hydrogens (tertiary/aromatic N) is 3. The van der Waals surface area contributed by atoms with Crippen LogP contribution >= 0.6 is 0 Å². The van der Waals surface area contributed by atoms with Crippen LogP contribution in [0.3, 0.4) is 0 Å². The van der Waals surface area contributed by atoms with Crippen molar-refractivity contribution in [1.82, 2.24) is 41.3 Å². The van der Waals surface area contributed by atoms with Gasteiger partial charge in [0.2, 0.25) is 47.3 Å². The highest BCUT2D eigenvalue weighted by Crippen LogP contribution is 2.29. The van der Waals surface area contributed by atoms with Gasteiger partial charge >= 0.3 is 0 Å². The predicted molar refractivity (Wildman–Crippen MR) is 230 cm³/mol. The zero-order valence-corrected chi connectivity index (χ0v) is 38.2. The van der Waals surface area contributed by atoms with Gasteiger partial charge in [0.1, 0.15) is 42.3 Å². The summed E-state index contributed by atoms with van der Waals surface area (Å²) in [5.74, 6) is -3.89. The van der Waals surface area contributed by atoms with Crippen LogP contribution in [-0.2, 0) is 38.4 Å². The molecule has 17 nitrogen and oxygen atoms in total. The highest BCUT2D eigenvalue weighted by Gasteiger charge is 2.42. The van der Waals surface area contributed by atoms with E-state index in [1.807, 2.05) is 34.6 Å². The van der Waals surface area contributed by atoms with Crippen molar-refractivity contribution in [3.63, 3.8) is 0 Å². The number of aliphatic hydroxyl groups excluding tert-OH is 1. The van der Waals surface area contributed by atoms with Gasteiger partial charge in [0.05, 0.1) is 6.61 Å². The molecule has 0 spiro atoms. The number of carbonyl (C=O) groups is 8. The molecule has 1 saturated carbocycles. The average Bonchev–Trinajstić information content (AvgIpc) is 3.91. The number of nitrogens with one attached hydrogen (secondary N) is 5. The summed E-state index contributed by atoms with van der Waals surface area (Å²) in [6, 6.07) is -6.90. The second kappa shape index (κ2) is 24.4. The quantitative estimate of drug-likeness (QED) is 0.0985.